The Morgan fingerprint density at radius 1 is 1.43 bits per heavy atom. The van der Waals surface area contributed by atoms with Gasteiger partial charge in [0, 0.05) is 12.6 Å². The SMILES string of the molecule is CCC(N)CNc1ccccc1OC. The first-order valence-corrected chi connectivity index (χ1v) is 4.90. The minimum atomic E-state index is 0.194. The van der Waals surface area contributed by atoms with Crippen LogP contribution in [0.3, 0.4) is 0 Å². The van der Waals surface area contributed by atoms with E-state index in [-0.39, 0.29) is 6.04 Å². The van der Waals surface area contributed by atoms with Crippen LogP contribution in [0.15, 0.2) is 24.3 Å². The molecule has 1 rings (SSSR count). The third kappa shape index (κ3) is 2.92. The number of rotatable bonds is 5. The van der Waals surface area contributed by atoms with Crippen LogP contribution >= 0.6 is 0 Å². The van der Waals surface area contributed by atoms with Crippen LogP contribution in [-0.4, -0.2) is 19.7 Å². The van der Waals surface area contributed by atoms with E-state index in [1.807, 2.05) is 24.3 Å². The summed E-state index contributed by atoms with van der Waals surface area (Å²) in [6, 6.07) is 8.03. The standard InChI is InChI=1S/C11H18N2O/c1-3-9(12)8-13-10-6-4-5-7-11(10)14-2/h4-7,9,13H,3,8,12H2,1-2H3. The van der Waals surface area contributed by atoms with Crippen LogP contribution in [0.1, 0.15) is 13.3 Å². The van der Waals surface area contributed by atoms with Crippen LogP contribution in [-0.2, 0) is 0 Å². The lowest BCUT2D eigenvalue weighted by molar-refractivity contribution is 0.416. The van der Waals surface area contributed by atoms with Gasteiger partial charge >= 0.3 is 0 Å². The minimum Gasteiger partial charge on any atom is -0.495 e. The molecule has 0 aromatic heterocycles. The zero-order valence-corrected chi connectivity index (χ0v) is 8.79. The normalized spacial score (nSPS) is 12.2. The molecule has 0 fully saturated rings. The van der Waals surface area contributed by atoms with Gasteiger partial charge in [-0.2, -0.15) is 0 Å². The third-order valence-electron chi connectivity index (χ3n) is 2.19. The number of methoxy groups -OCH3 is 1. The van der Waals surface area contributed by atoms with Gasteiger partial charge in [0.1, 0.15) is 5.75 Å². The molecule has 0 amide bonds. The van der Waals surface area contributed by atoms with Gasteiger partial charge in [0.2, 0.25) is 0 Å². The van der Waals surface area contributed by atoms with Gasteiger partial charge in [-0.3, -0.25) is 0 Å². The third-order valence-corrected chi connectivity index (χ3v) is 2.19. The number of anilines is 1. The minimum absolute atomic E-state index is 0.194. The van der Waals surface area contributed by atoms with E-state index >= 15 is 0 Å². The molecule has 3 heteroatoms. The van der Waals surface area contributed by atoms with Crippen molar-refractivity contribution < 1.29 is 4.74 Å². The Kier molecular flexibility index (Phi) is 4.26. The van der Waals surface area contributed by atoms with Gasteiger partial charge in [-0.25, -0.2) is 0 Å². The van der Waals surface area contributed by atoms with Crippen molar-refractivity contribution in [1.82, 2.24) is 0 Å². The Labute approximate surface area is 85.3 Å². The molecule has 0 aliphatic carbocycles. The highest BCUT2D eigenvalue weighted by atomic mass is 16.5. The van der Waals surface area contributed by atoms with Crippen LogP contribution in [0.2, 0.25) is 0 Å². The van der Waals surface area contributed by atoms with Crippen molar-refractivity contribution in [3.63, 3.8) is 0 Å². The lowest BCUT2D eigenvalue weighted by atomic mass is 10.2. The van der Waals surface area contributed by atoms with E-state index in [2.05, 4.69) is 12.2 Å². The van der Waals surface area contributed by atoms with E-state index in [1.165, 1.54) is 0 Å². The molecule has 0 spiro atoms. The first-order chi connectivity index (χ1) is 6.77. The van der Waals surface area contributed by atoms with Gasteiger partial charge in [0.05, 0.1) is 12.8 Å². The number of hydrogen-bond donors (Lipinski definition) is 2. The first-order valence-electron chi connectivity index (χ1n) is 4.90. The number of ether oxygens (including phenoxy) is 1. The molecule has 1 aromatic rings. The van der Waals surface area contributed by atoms with E-state index in [1.54, 1.807) is 7.11 Å². The van der Waals surface area contributed by atoms with E-state index < -0.39 is 0 Å². The molecule has 1 unspecified atom stereocenters. The van der Waals surface area contributed by atoms with Gasteiger partial charge in [-0.1, -0.05) is 19.1 Å². The Hall–Kier alpha value is -1.22. The van der Waals surface area contributed by atoms with Gasteiger partial charge in [0.25, 0.3) is 0 Å². The highest BCUT2D eigenvalue weighted by Crippen LogP contribution is 2.22. The highest BCUT2D eigenvalue weighted by Gasteiger charge is 2.02. The molecule has 3 nitrogen and oxygen atoms in total. The van der Waals surface area contributed by atoms with Crippen molar-refractivity contribution in [2.45, 2.75) is 19.4 Å². The molecule has 78 valence electrons. The lowest BCUT2D eigenvalue weighted by Crippen LogP contribution is -2.28. The Morgan fingerprint density at radius 3 is 2.79 bits per heavy atom. The molecule has 0 heterocycles. The molecule has 14 heavy (non-hydrogen) atoms. The van der Waals surface area contributed by atoms with Crippen molar-refractivity contribution in [2.24, 2.45) is 5.73 Å². The summed E-state index contributed by atoms with van der Waals surface area (Å²) in [6.45, 7) is 2.85. The summed E-state index contributed by atoms with van der Waals surface area (Å²) < 4.78 is 5.21. The maximum atomic E-state index is 5.81. The first kappa shape index (κ1) is 10.9. The number of hydrogen-bond acceptors (Lipinski definition) is 3. The topological polar surface area (TPSA) is 47.3 Å². The van der Waals surface area contributed by atoms with Gasteiger partial charge in [-0.15, -0.1) is 0 Å². The van der Waals surface area contributed by atoms with Crippen LogP contribution < -0.4 is 15.8 Å². The summed E-state index contributed by atoms with van der Waals surface area (Å²) in [7, 11) is 1.67. The summed E-state index contributed by atoms with van der Waals surface area (Å²) in [6.07, 6.45) is 0.974. The Bertz CT molecular complexity index is 276. The molecular formula is C11H18N2O. The van der Waals surface area contributed by atoms with Crippen LogP contribution in [0.4, 0.5) is 5.69 Å². The van der Waals surface area contributed by atoms with E-state index in [0.29, 0.717) is 0 Å². The molecule has 3 N–H and O–H groups in total. The Morgan fingerprint density at radius 2 is 2.14 bits per heavy atom. The number of nitrogens with two attached hydrogens (primary N) is 1. The smallest absolute Gasteiger partial charge is 0.141 e. The maximum Gasteiger partial charge on any atom is 0.141 e. The molecule has 0 bridgehead atoms. The predicted octanol–water partition coefficient (Wildman–Crippen LogP) is 1.84. The monoisotopic (exact) mass is 194 g/mol. The zero-order valence-electron chi connectivity index (χ0n) is 8.79. The number of nitrogens with one attached hydrogen (secondary N) is 1. The fourth-order valence-corrected chi connectivity index (χ4v) is 1.18. The molecule has 0 aliphatic heterocycles. The second-order valence-corrected chi connectivity index (χ2v) is 3.25. The van der Waals surface area contributed by atoms with Gasteiger partial charge in [0.15, 0.2) is 0 Å². The molecule has 0 radical (unpaired) electrons. The second kappa shape index (κ2) is 5.50. The molecule has 1 aromatic carbocycles. The van der Waals surface area contributed by atoms with Crippen LogP contribution in [0.25, 0.3) is 0 Å². The van der Waals surface area contributed by atoms with Crippen LogP contribution in [0.5, 0.6) is 5.75 Å². The summed E-state index contributed by atoms with van der Waals surface area (Å²) >= 11 is 0. The molecule has 0 saturated heterocycles. The largest absolute Gasteiger partial charge is 0.495 e. The highest BCUT2D eigenvalue weighted by molar-refractivity contribution is 5.56. The molecule has 0 saturated carbocycles. The van der Waals surface area contributed by atoms with Crippen molar-refractivity contribution in [1.29, 1.82) is 0 Å². The fraction of sp³-hybridized carbons (Fsp3) is 0.455. The average Bonchev–Trinajstić information content (AvgIpc) is 2.26. The van der Waals surface area contributed by atoms with Crippen molar-refractivity contribution in [3.8, 4) is 5.75 Å². The molecule has 0 aliphatic rings. The zero-order chi connectivity index (χ0) is 10.4. The van der Waals surface area contributed by atoms with Gasteiger partial charge in [-0.05, 0) is 18.6 Å². The van der Waals surface area contributed by atoms with Gasteiger partial charge < -0.3 is 15.8 Å². The molecule has 1 atom stereocenters. The quantitative estimate of drug-likeness (QED) is 0.752. The van der Waals surface area contributed by atoms with E-state index in [0.717, 1.165) is 24.4 Å². The summed E-state index contributed by atoms with van der Waals surface area (Å²) in [5.74, 6) is 0.857. The summed E-state index contributed by atoms with van der Waals surface area (Å²) in [5.41, 5.74) is 6.81. The van der Waals surface area contributed by atoms with E-state index in [4.69, 9.17) is 10.5 Å². The van der Waals surface area contributed by atoms with Crippen LogP contribution in [0, 0.1) is 0 Å². The fourth-order valence-electron chi connectivity index (χ4n) is 1.18. The lowest BCUT2D eigenvalue weighted by Gasteiger charge is -2.13. The summed E-state index contributed by atoms with van der Waals surface area (Å²) in [5, 5.41) is 3.26. The molecular weight excluding hydrogens is 176 g/mol. The van der Waals surface area contributed by atoms with Crippen molar-refractivity contribution in [3.05, 3.63) is 24.3 Å². The Balaban J connectivity index is 2.57. The number of benzene rings is 1. The van der Waals surface area contributed by atoms with Crippen molar-refractivity contribution >= 4 is 5.69 Å². The van der Waals surface area contributed by atoms with E-state index in [9.17, 15) is 0 Å². The number of para-hydroxylation sites is 2. The maximum absolute atomic E-state index is 5.81. The summed E-state index contributed by atoms with van der Waals surface area (Å²) in [4.78, 5) is 0. The van der Waals surface area contributed by atoms with Crippen molar-refractivity contribution in [2.75, 3.05) is 19.0 Å². The second-order valence-electron chi connectivity index (χ2n) is 3.25. The predicted molar refractivity (Wildman–Crippen MR) is 59.8 cm³/mol. The average molecular weight is 194 g/mol.